The number of aromatic nitrogens is 3. The van der Waals surface area contributed by atoms with Gasteiger partial charge < -0.3 is 120 Å². The number of rotatable bonds is 26. The third-order valence-electron chi connectivity index (χ3n) is 24.2. The SMILES string of the molecule is CCCC[C@H]1C(=O)N(C)[C@@H](CCCC)C(=O)N[C@@H](CCCNC(=N)N)C(=O)N[C@H](C(=O)NCC(N)=O)CSCC(=O)N[C@@H](Cc2ccc(O)cc2)C(=O)N(C)[C@H](C)C(=O)N[C@H](CC(N)=O)C(=O)N2CCC[C@H]2C(=O)N[C@@H](Cc2cnc[nH]2)C(=O)N[C@@H](CC(C)C)C(=O)N2CCC[C@H]2C(=O)N[C@@H](Cc2c[nH]c3ccccc23)C(=O)N[C@@H](CO)C(=O)N[C@@H](Cc2csc3ccccc23)C(=O)N1C. The number of thiophene rings is 1. The van der Waals surface area contributed by atoms with Crippen molar-refractivity contribution in [3.8, 4) is 5.75 Å². The molecule has 14 atom stereocenters. The van der Waals surface area contributed by atoms with Crippen LogP contribution in [0.15, 0.2) is 96.9 Å². The molecule has 6 heterocycles. The molecule has 0 saturated carbocycles. The van der Waals surface area contributed by atoms with Crippen molar-refractivity contribution in [3.63, 3.8) is 0 Å². The number of unbranched alkanes of at least 4 members (excludes halogenated alkanes) is 2. The van der Waals surface area contributed by atoms with Crippen LogP contribution in [0.4, 0.5) is 0 Å². The molecule has 3 aliphatic rings. The zero-order valence-corrected chi connectivity index (χ0v) is 78.8. The number of H-pyrrole nitrogens is 2. The summed E-state index contributed by atoms with van der Waals surface area (Å²) in [5.41, 5.74) is 19.4. The molecule has 0 spiro atoms. The maximum Gasteiger partial charge on any atom is 0.246 e. The van der Waals surface area contributed by atoms with Crippen molar-refractivity contribution in [2.24, 2.45) is 23.1 Å². The second-order valence-electron chi connectivity index (χ2n) is 34.7. The molecule has 3 aromatic carbocycles. The topological polar surface area (TPSA) is 626 Å². The number of aromatic hydroxyl groups is 1. The van der Waals surface area contributed by atoms with Gasteiger partial charge >= 0.3 is 0 Å². The molecular weight excluding hydrogens is 1780 g/mol. The monoisotopic (exact) mass is 1910 g/mol. The molecule has 0 bridgehead atoms. The zero-order valence-electron chi connectivity index (χ0n) is 77.1. The smallest absolute Gasteiger partial charge is 0.246 e. The van der Waals surface area contributed by atoms with E-state index in [2.05, 4.69) is 73.4 Å². The number of likely N-dealkylation sites (N-methyl/N-ethyl adjacent to an activating group) is 3. The summed E-state index contributed by atoms with van der Waals surface area (Å²) in [7, 11) is 3.95. The van der Waals surface area contributed by atoms with Crippen LogP contribution in [-0.4, -0.2) is 306 Å². The molecule has 9 rings (SSSR count). The summed E-state index contributed by atoms with van der Waals surface area (Å²) in [5.74, 6) is -17.2. The molecule has 0 unspecified atom stereocenters. The van der Waals surface area contributed by atoms with E-state index >= 15 is 38.4 Å². The van der Waals surface area contributed by atoms with Crippen molar-refractivity contribution in [3.05, 3.63) is 119 Å². The summed E-state index contributed by atoms with van der Waals surface area (Å²) in [4.78, 5) is 266. The number of phenols is 1. The highest BCUT2D eigenvalue weighted by molar-refractivity contribution is 8.00. The van der Waals surface area contributed by atoms with Crippen LogP contribution in [0, 0.1) is 11.3 Å². The lowest BCUT2D eigenvalue weighted by Gasteiger charge is -2.36. The lowest BCUT2D eigenvalue weighted by Crippen LogP contribution is -2.62. The number of benzene rings is 3. The minimum atomic E-state index is -1.84. The van der Waals surface area contributed by atoms with E-state index in [9.17, 15) is 53.4 Å². The number of nitrogens with one attached hydrogen (secondary N) is 14. The molecule has 22 N–H and O–H groups in total. The highest BCUT2D eigenvalue weighted by Crippen LogP contribution is 2.30. The van der Waals surface area contributed by atoms with Gasteiger partial charge in [0.1, 0.15) is 90.3 Å². The molecule has 0 radical (unpaired) electrons. The number of phenolic OH excluding ortho intramolecular Hbond substituents is 1. The average molecular weight is 1910 g/mol. The Bertz CT molecular complexity index is 5210. The van der Waals surface area contributed by atoms with E-state index in [-0.39, 0.29) is 115 Å². The van der Waals surface area contributed by atoms with E-state index < -0.39 is 222 Å². The largest absolute Gasteiger partial charge is 0.508 e. The van der Waals surface area contributed by atoms with Crippen LogP contribution in [-0.2, 0) is 107 Å². The minimum Gasteiger partial charge on any atom is -0.508 e. The maximum absolute atomic E-state index is 15.8. The maximum atomic E-state index is 15.8. The standard InChI is InChI=1S/C91H127N23O19S2/c1-9-11-24-69-83(126)102-60(23-17-33-97-91(94)95)79(122)109-68(78(121)99-44-75(93)118)47-134-48-76(119)101-64(37-52-29-31-56(116)32-30-52)86(129)110(6)51(5)77(120)105-66(41-74(92)117)89(132)114-35-19-27-71(114)85(128)104-62(40-55-43-96-49-100-55)81(124)106-63(36-50(3)4)88(131)113-34-18-26-70(113)84(127)103-61(38-53-42-98-59-22-15-13-20-57(53)59)80(123)108-67(45-115)82(125)107-65(39-54-46-135-73-28-16-14-21-58(54)73)87(130)112(8)72(25-12-10-2)90(133)111(69)7/h13-16,20-22,28-32,42-43,46,49-51,60-72,98,115-116H,9-12,17-19,23-27,33-41,44-45,47-48H2,1-8H3,(H2,92,117)(H2,93,118)(H,96,100)(H,99,121)(H,101,119)(H,102,126)(H,103,127)(H,104,128)(H,105,120)(H,106,124)(H,107,125)(H,108,123)(H,109,122)(H4,94,95,97)/t51-,60+,61+,62+,63+,64+,65+,66-,67+,68+,69+,70+,71+,72+/m1/s1. The Morgan fingerprint density at radius 1 is 0.548 bits per heavy atom. The van der Waals surface area contributed by atoms with Gasteiger partial charge in [-0.15, -0.1) is 23.1 Å². The fourth-order valence-electron chi connectivity index (χ4n) is 16.7. The second-order valence-corrected chi connectivity index (χ2v) is 36.6. The lowest BCUT2D eigenvalue weighted by molar-refractivity contribution is -0.149. The Labute approximate surface area is 789 Å². The van der Waals surface area contributed by atoms with Gasteiger partial charge in [0.05, 0.1) is 31.7 Å². The predicted octanol–water partition coefficient (Wildman–Crippen LogP) is -1.17. The first-order valence-electron chi connectivity index (χ1n) is 45.4. The number of nitrogens with two attached hydrogens (primary N) is 3. The van der Waals surface area contributed by atoms with Gasteiger partial charge in [-0.25, -0.2) is 4.98 Å². The quantitative estimate of drug-likeness (QED) is 0.0173. The second kappa shape index (κ2) is 50.7. The molecule has 44 heteroatoms. The zero-order chi connectivity index (χ0) is 98.4. The number of guanidine groups is 1. The minimum absolute atomic E-state index is 0.00306. The van der Waals surface area contributed by atoms with Crippen LogP contribution in [0.2, 0.25) is 0 Å². The number of amides is 17. The summed E-state index contributed by atoms with van der Waals surface area (Å²) in [6, 6.07) is -1.10. The van der Waals surface area contributed by atoms with Crippen LogP contribution in [0.1, 0.15) is 147 Å². The summed E-state index contributed by atoms with van der Waals surface area (Å²) >= 11 is 2.13. The number of carbonyl (C=O) groups is 17. The van der Waals surface area contributed by atoms with Gasteiger partial charge in [-0.2, -0.15) is 0 Å². The summed E-state index contributed by atoms with van der Waals surface area (Å²) in [5, 5.41) is 61.9. The van der Waals surface area contributed by atoms with E-state index in [4.69, 9.17) is 22.6 Å². The molecule has 17 amide bonds. The Kier molecular flexibility index (Phi) is 39.6. The number of thioether (sulfide) groups is 1. The number of fused-ring (bicyclic) bond motifs is 4. The van der Waals surface area contributed by atoms with Crippen molar-refractivity contribution < 1.29 is 91.7 Å². The summed E-state index contributed by atoms with van der Waals surface area (Å²) < 4.78 is 0.825. The van der Waals surface area contributed by atoms with E-state index in [1.165, 1.54) is 86.0 Å². The van der Waals surface area contributed by atoms with Gasteiger partial charge in [0.25, 0.3) is 0 Å². The van der Waals surface area contributed by atoms with Gasteiger partial charge in [-0.3, -0.25) is 86.9 Å². The number of hydrogen-bond donors (Lipinski definition) is 19. The van der Waals surface area contributed by atoms with Gasteiger partial charge in [0.15, 0.2) is 5.96 Å². The third kappa shape index (κ3) is 29.6. The molecule has 135 heavy (non-hydrogen) atoms. The number of aliphatic hydroxyl groups is 1. The highest BCUT2D eigenvalue weighted by Gasteiger charge is 2.46. The van der Waals surface area contributed by atoms with Gasteiger partial charge in [0, 0.05) is 106 Å². The van der Waals surface area contributed by atoms with Crippen LogP contribution >= 0.6 is 23.1 Å². The molecule has 3 aliphatic heterocycles. The van der Waals surface area contributed by atoms with Gasteiger partial charge in [-0.1, -0.05) is 102 Å². The van der Waals surface area contributed by atoms with Crippen LogP contribution < -0.4 is 75.7 Å². The van der Waals surface area contributed by atoms with Crippen LogP contribution in [0.25, 0.3) is 21.0 Å². The highest BCUT2D eigenvalue weighted by atomic mass is 32.2. The van der Waals surface area contributed by atoms with Crippen molar-refractivity contribution in [1.29, 1.82) is 5.41 Å². The molecule has 732 valence electrons. The van der Waals surface area contributed by atoms with E-state index in [1.807, 2.05) is 32.0 Å². The lowest BCUT2D eigenvalue weighted by atomic mass is 10.00. The first-order chi connectivity index (χ1) is 64.4. The first-order valence-corrected chi connectivity index (χ1v) is 47.4. The Hall–Kier alpha value is -13.3. The van der Waals surface area contributed by atoms with Crippen molar-refractivity contribution in [1.82, 2.24) is 97.9 Å². The third-order valence-corrected chi connectivity index (χ3v) is 26.2. The fraction of sp³-hybridized carbons (Fsp3) is 0.527. The number of aromatic amines is 2. The molecule has 42 nitrogen and oxygen atoms in total. The first kappa shape index (κ1) is 105. The Morgan fingerprint density at radius 2 is 1.10 bits per heavy atom. The number of nitrogens with zero attached hydrogens (tertiary/aromatic N) is 6. The molecule has 6 aromatic rings. The van der Waals surface area contributed by atoms with Crippen LogP contribution in [0.3, 0.4) is 0 Å². The number of primary amides is 2. The molecular formula is C91H127N23O19S2. The molecule has 3 fully saturated rings. The summed E-state index contributed by atoms with van der Waals surface area (Å²) in [6.45, 7) is 6.68. The number of para-hydroxylation sites is 1. The average Bonchev–Trinajstić information content (AvgIpc) is 1.75. The Balaban J connectivity index is 1.10. The van der Waals surface area contributed by atoms with E-state index in [1.54, 1.807) is 55.8 Å². The number of imidazole rings is 1. The predicted molar refractivity (Wildman–Crippen MR) is 502 cm³/mol. The molecule has 0 aliphatic carbocycles. The number of hydrogen-bond acceptors (Lipinski definition) is 23. The van der Waals surface area contributed by atoms with Crippen molar-refractivity contribution >= 4 is 150 Å². The van der Waals surface area contributed by atoms with Crippen LogP contribution in [0.5, 0.6) is 5.75 Å². The fourth-order valence-corrected chi connectivity index (χ4v) is 18.5. The van der Waals surface area contributed by atoms with E-state index in [0.29, 0.717) is 59.0 Å². The van der Waals surface area contributed by atoms with Gasteiger partial charge in [-0.05, 0) is 122 Å². The van der Waals surface area contributed by atoms with Gasteiger partial charge in [0.2, 0.25) is 100 Å². The Morgan fingerprint density at radius 3 is 1.71 bits per heavy atom. The van der Waals surface area contributed by atoms with E-state index in [0.717, 1.165) is 36.5 Å². The van der Waals surface area contributed by atoms with Crippen molar-refractivity contribution in [2.75, 3.05) is 65.4 Å². The normalized spacial score (nSPS) is 24.2. The number of carbonyl (C=O) groups excluding carboxylic acids is 17. The molecule has 3 saturated heterocycles. The number of aliphatic hydroxyl groups excluding tert-OH is 1. The van der Waals surface area contributed by atoms with Crippen molar-refractivity contribution in [2.45, 2.75) is 235 Å². The summed E-state index contributed by atoms with van der Waals surface area (Å²) in [6.07, 6.45) is 4.66. The molecule has 3 aromatic heterocycles.